The van der Waals surface area contributed by atoms with Gasteiger partial charge in [-0.2, -0.15) is 4.98 Å². The van der Waals surface area contributed by atoms with Gasteiger partial charge in [0, 0.05) is 5.56 Å². The summed E-state index contributed by atoms with van der Waals surface area (Å²) >= 11 is 5.99. The third-order valence-electron chi connectivity index (χ3n) is 2.45. The molecule has 2 aromatic rings. The van der Waals surface area contributed by atoms with E-state index >= 15 is 0 Å². The van der Waals surface area contributed by atoms with E-state index in [2.05, 4.69) is 9.97 Å². The quantitative estimate of drug-likeness (QED) is 0.804. The zero-order valence-corrected chi connectivity index (χ0v) is 11.1. The smallest absolute Gasteiger partial charge is 0.247 e. The Bertz CT molecular complexity index is 617. The second-order valence-corrected chi connectivity index (χ2v) is 3.99. The number of nitrogens with zero attached hydrogens (tertiary/aromatic N) is 2. The van der Waals surface area contributed by atoms with Gasteiger partial charge in [0.2, 0.25) is 17.5 Å². The molecule has 6 heteroatoms. The first-order chi connectivity index (χ1) is 9.17. The molecule has 0 amide bonds. The summed E-state index contributed by atoms with van der Waals surface area (Å²) in [6.45, 7) is 0. The Morgan fingerprint density at radius 3 is 2.58 bits per heavy atom. The zero-order valence-electron chi connectivity index (χ0n) is 10.4. The average molecular weight is 279 g/mol. The molecule has 0 saturated carbocycles. The van der Waals surface area contributed by atoms with Crippen LogP contribution in [0.1, 0.15) is 16.1 Å². The predicted octanol–water partition coefficient (Wildman–Crippen LogP) is 2.38. The maximum atomic E-state index is 12.3. The number of hydrogen-bond acceptors (Lipinski definition) is 5. The summed E-state index contributed by atoms with van der Waals surface area (Å²) in [5, 5.41) is 0.354. The summed E-state index contributed by atoms with van der Waals surface area (Å²) < 4.78 is 9.98. The zero-order chi connectivity index (χ0) is 13.8. The molecule has 0 unspecified atom stereocenters. The Morgan fingerprint density at radius 2 is 1.95 bits per heavy atom. The number of aromatic nitrogens is 2. The van der Waals surface area contributed by atoms with E-state index in [9.17, 15) is 4.79 Å². The standard InChI is InChI=1S/C13H11ClN2O3/c1-18-10-7-15-11(13(16-10)19-2)12(17)8-5-3-4-6-9(8)14/h3-7H,1-2H3. The lowest BCUT2D eigenvalue weighted by Gasteiger charge is -2.08. The predicted molar refractivity (Wildman–Crippen MR) is 70.0 cm³/mol. The molecule has 0 N–H and O–H groups in total. The van der Waals surface area contributed by atoms with Crippen LogP contribution in [0.2, 0.25) is 5.02 Å². The molecular formula is C13H11ClN2O3. The van der Waals surface area contributed by atoms with Crippen molar-refractivity contribution < 1.29 is 14.3 Å². The lowest BCUT2D eigenvalue weighted by Crippen LogP contribution is -2.09. The highest BCUT2D eigenvalue weighted by Crippen LogP contribution is 2.23. The van der Waals surface area contributed by atoms with Crippen molar-refractivity contribution in [3.8, 4) is 11.8 Å². The molecule has 0 bridgehead atoms. The molecule has 0 radical (unpaired) electrons. The Labute approximate surface area is 115 Å². The highest BCUT2D eigenvalue weighted by Gasteiger charge is 2.20. The molecule has 0 aliphatic carbocycles. The fraction of sp³-hybridized carbons (Fsp3) is 0.154. The first-order valence-corrected chi connectivity index (χ1v) is 5.79. The van der Waals surface area contributed by atoms with E-state index in [1.165, 1.54) is 20.4 Å². The van der Waals surface area contributed by atoms with E-state index in [1.807, 2.05) is 0 Å². The Hall–Kier alpha value is -2.14. The van der Waals surface area contributed by atoms with Gasteiger partial charge in [-0.15, -0.1) is 0 Å². The summed E-state index contributed by atoms with van der Waals surface area (Å²) in [7, 11) is 2.87. The third-order valence-corrected chi connectivity index (χ3v) is 2.78. The minimum absolute atomic E-state index is 0.0939. The van der Waals surface area contributed by atoms with Crippen LogP contribution in [0.4, 0.5) is 0 Å². The van der Waals surface area contributed by atoms with Crippen LogP contribution < -0.4 is 9.47 Å². The van der Waals surface area contributed by atoms with Crippen LogP contribution in [0.3, 0.4) is 0 Å². The molecule has 19 heavy (non-hydrogen) atoms. The van der Waals surface area contributed by atoms with Gasteiger partial charge in [-0.25, -0.2) is 4.98 Å². The van der Waals surface area contributed by atoms with Crippen LogP contribution in [0.5, 0.6) is 11.8 Å². The summed E-state index contributed by atoms with van der Waals surface area (Å²) in [4.78, 5) is 20.4. The molecular weight excluding hydrogens is 268 g/mol. The topological polar surface area (TPSA) is 61.3 Å². The number of carbonyl (C=O) groups is 1. The van der Waals surface area contributed by atoms with E-state index in [-0.39, 0.29) is 23.2 Å². The van der Waals surface area contributed by atoms with Crippen LogP contribution in [-0.4, -0.2) is 30.0 Å². The number of carbonyl (C=O) groups excluding carboxylic acids is 1. The number of rotatable bonds is 4. The Balaban J connectivity index is 2.47. The van der Waals surface area contributed by atoms with Crippen molar-refractivity contribution in [1.82, 2.24) is 9.97 Å². The molecule has 0 spiro atoms. The van der Waals surface area contributed by atoms with Crippen molar-refractivity contribution in [3.05, 3.63) is 46.7 Å². The van der Waals surface area contributed by atoms with Crippen molar-refractivity contribution in [3.63, 3.8) is 0 Å². The SMILES string of the molecule is COc1cnc(C(=O)c2ccccc2Cl)c(OC)n1. The molecule has 0 fully saturated rings. The first-order valence-electron chi connectivity index (χ1n) is 5.41. The van der Waals surface area contributed by atoms with Gasteiger partial charge in [0.25, 0.3) is 0 Å². The number of methoxy groups -OCH3 is 2. The van der Waals surface area contributed by atoms with Crippen molar-refractivity contribution >= 4 is 17.4 Å². The molecule has 0 saturated heterocycles. The molecule has 0 atom stereocenters. The number of benzene rings is 1. The van der Waals surface area contributed by atoms with Crippen LogP contribution >= 0.6 is 11.6 Å². The normalized spacial score (nSPS) is 10.1. The summed E-state index contributed by atoms with van der Waals surface area (Å²) in [5.41, 5.74) is 0.443. The highest BCUT2D eigenvalue weighted by molar-refractivity contribution is 6.34. The van der Waals surface area contributed by atoms with E-state index in [0.717, 1.165) is 0 Å². The summed E-state index contributed by atoms with van der Waals surface area (Å²) in [5.74, 6) is 0.0226. The number of hydrogen-bond donors (Lipinski definition) is 0. The van der Waals surface area contributed by atoms with Gasteiger partial charge in [0.15, 0.2) is 5.69 Å². The van der Waals surface area contributed by atoms with Crippen LogP contribution in [0, 0.1) is 0 Å². The van der Waals surface area contributed by atoms with Crippen LogP contribution in [0.15, 0.2) is 30.5 Å². The maximum Gasteiger partial charge on any atom is 0.247 e. The second kappa shape index (κ2) is 5.67. The van der Waals surface area contributed by atoms with Crippen LogP contribution in [-0.2, 0) is 0 Å². The molecule has 1 heterocycles. The molecule has 2 rings (SSSR count). The van der Waals surface area contributed by atoms with Gasteiger partial charge in [-0.3, -0.25) is 4.79 Å². The first kappa shape index (κ1) is 13.3. The van der Waals surface area contributed by atoms with E-state index < -0.39 is 0 Å². The summed E-state index contributed by atoms with van der Waals surface area (Å²) in [6, 6.07) is 6.73. The van der Waals surface area contributed by atoms with E-state index in [4.69, 9.17) is 21.1 Å². The van der Waals surface area contributed by atoms with Crippen molar-refractivity contribution in [2.24, 2.45) is 0 Å². The van der Waals surface area contributed by atoms with Crippen molar-refractivity contribution in [1.29, 1.82) is 0 Å². The number of halogens is 1. The largest absolute Gasteiger partial charge is 0.480 e. The number of ketones is 1. The van der Waals surface area contributed by atoms with Gasteiger partial charge >= 0.3 is 0 Å². The second-order valence-electron chi connectivity index (χ2n) is 3.58. The Morgan fingerprint density at radius 1 is 1.21 bits per heavy atom. The van der Waals surface area contributed by atoms with Crippen LogP contribution in [0.25, 0.3) is 0 Å². The van der Waals surface area contributed by atoms with Crippen molar-refractivity contribution in [2.75, 3.05) is 14.2 Å². The van der Waals surface area contributed by atoms with Crippen molar-refractivity contribution in [2.45, 2.75) is 0 Å². The molecule has 1 aromatic carbocycles. The van der Waals surface area contributed by atoms with E-state index in [1.54, 1.807) is 24.3 Å². The van der Waals surface area contributed by atoms with Gasteiger partial charge in [0.1, 0.15) is 0 Å². The third kappa shape index (κ3) is 2.66. The maximum absolute atomic E-state index is 12.3. The monoisotopic (exact) mass is 278 g/mol. The number of ether oxygens (including phenoxy) is 2. The minimum atomic E-state index is -0.349. The van der Waals surface area contributed by atoms with Gasteiger partial charge < -0.3 is 9.47 Å². The molecule has 1 aromatic heterocycles. The fourth-order valence-corrected chi connectivity index (χ4v) is 1.75. The lowest BCUT2D eigenvalue weighted by molar-refractivity contribution is 0.103. The van der Waals surface area contributed by atoms with E-state index in [0.29, 0.717) is 10.6 Å². The van der Waals surface area contributed by atoms with Gasteiger partial charge in [-0.1, -0.05) is 23.7 Å². The molecule has 5 nitrogen and oxygen atoms in total. The molecule has 98 valence electrons. The van der Waals surface area contributed by atoms with Gasteiger partial charge in [0.05, 0.1) is 25.4 Å². The minimum Gasteiger partial charge on any atom is -0.480 e. The lowest BCUT2D eigenvalue weighted by atomic mass is 10.1. The molecule has 0 aliphatic heterocycles. The highest BCUT2D eigenvalue weighted by atomic mass is 35.5. The Kier molecular flexibility index (Phi) is 3.97. The fourth-order valence-electron chi connectivity index (χ4n) is 1.53. The molecule has 0 aliphatic rings. The summed E-state index contributed by atoms with van der Waals surface area (Å²) in [6.07, 6.45) is 1.35. The average Bonchev–Trinajstić information content (AvgIpc) is 2.46. The van der Waals surface area contributed by atoms with Gasteiger partial charge in [-0.05, 0) is 12.1 Å².